The summed E-state index contributed by atoms with van der Waals surface area (Å²) in [6, 6.07) is 3.86. The Kier molecular flexibility index (Phi) is 3.87. The van der Waals surface area contributed by atoms with Gasteiger partial charge in [0, 0.05) is 4.47 Å². The molecule has 6 heteroatoms. The number of nitrogens with zero attached hydrogens (tertiary/aromatic N) is 2. The van der Waals surface area contributed by atoms with Gasteiger partial charge >= 0.3 is 0 Å². The Morgan fingerprint density at radius 1 is 1.17 bits per heavy atom. The van der Waals surface area contributed by atoms with Crippen LogP contribution in [0.1, 0.15) is 11.1 Å². The van der Waals surface area contributed by atoms with Gasteiger partial charge in [-0.25, -0.2) is 4.98 Å². The smallest absolute Gasteiger partial charge is 0.238 e. The van der Waals surface area contributed by atoms with Gasteiger partial charge in [-0.2, -0.15) is 4.98 Å². The fourth-order valence-electron chi connectivity index (χ4n) is 1.51. The van der Waals surface area contributed by atoms with Crippen molar-refractivity contribution < 1.29 is 4.74 Å². The van der Waals surface area contributed by atoms with Crippen molar-refractivity contribution >= 4 is 37.8 Å². The molecule has 0 fully saturated rings. The lowest BCUT2D eigenvalue weighted by Crippen LogP contribution is -1.98. The molecule has 2 aromatic rings. The van der Waals surface area contributed by atoms with Gasteiger partial charge < -0.3 is 10.5 Å². The van der Waals surface area contributed by atoms with Gasteiger partial charge in [0.15, 0.2) is 0 Å². The molecular formula is C12H11Br2N3O. The van der Waals surface area contributed by atoms with Crippen LogP contribution in [0.3, 0.4) is 0 Å². The van der Waals surface area contributed by atoms with Crippen molar-refractivity contribution in [2.75, 3.05) is 5.73 Å². The predicted molar refractivity (Wildman–Crippen MR) is 77.8 cm³/mol. The minimum absolute atomic E-state index is 0.179. The Morgan fingerprint density at radius 2 is 1.78 bits per heavy atom. The van der Waals surface area contributed by atoms with Crippen LogP contribution in [0.5, 0.6) is 11.6 Å². The number of hydrogen-bond donors (Lipinski definition) is 1. The van der Waals surface area contributed by atoms with Gasteiger partial charge in [0.25, 0.3) is 0 Å². The second kappa shape index (κ2) is 5.24. The standard InChI is InChI=1S/C12H11Br2N3O/c1-6-3-8(4-7(2)10(6)14)18-11-9(13)5-16-12(15)17-11/h3-5H,1-2H3,(H2,15,16,17). The maximum atomic E-state index is 5.71. The molecule has 0 aliphatic heterocycles. The number of hydrogen-bond acceptors (Lipinski definition) is 4. The molecule has 0 aliphatic rings. The Balaban J connectivity index is 2.37. The normalized spacial score (nSPS) is 10.4. The van der Waals surface area contributed by atoms with Crippen LogP contribution < -0.4 is 10.5 Å². The second-order valence-electron chi connectivity index (χ2n) is 3.85. The first-order chi connectivity index (χ1) is 8.47. The van der Waals surface area contributed by atoms with Crippen LogP contribution in [0.4, 0.5) is 5.95 Å². The number of nitrogens with two attached hydrogens (primary N) is 1. The second-order valence-corrected chi connectivity index (χ2v) is 5.50. The molecule has 0 saturated heterocycles. The number of benzene rings is 1. The molecule has 18 heavy (non-hydrogen) atoms. The van der Waals surface area contributed by atoms with Crippen LogP contribution in [-0.2, 0) is 0 Å². The summed E-state index contributed by atoms with van der Waals surface area (Å²) in [6.07, 6.45) is 1.57. The van der Waals surface area contributed by atoms with E-state index in [1.54, 1.807) is 6.20 Å². The largest absolute Gasteiger partial charge is 0.438 e. The van der Waals surface area contributed by atoms with Gasteiger partial charge in [-0.15, -0.1) is 0 Å². The number of anilines is 1. The predicted octanol–water partition coefficient (Wildman–Crippen LogP) is 3.99. The van der Waals surface area contributed by atoms with E-state index in [2.05, 4.69) is 41.8 Å². The van der Waals surface area contributed by atoms with E-state index in [0.717, 1.165) is 15.6 Å². The van der Waals surface area contributed by atoms with E-state index < -0.39 is 0 Å². The highest BCUT2D eigenvalue weighted by molar-refractivity contribution is 9.10. The molecule has 0 aliphatic carbocycles. The molecule has 1 aromatic carbocycles. The van der Waals surface area contributed by atoms with Crippen molar-refractivity contribution in [2.24, 2.45) is 0 Å². The Morgan fingerprint density at radius 3 is 2.39 bits per heavy atom. The van der Waals surface area contributed by atoms with Crippen LogP contribution in [-0.4, -0.2) is 9.97 Å². The zero-order valence-corrected chi connectivity index (χ0v) is 13.0. The van der Waals surface area contributed by atoms with Crippen molar-refractivity contribution in [1.29, 1.82) is 0 Å². The molecule has 0 unspecified atom stereocenters. The summed E-state index contributed by atoms with van der Waals surface area (Å²) < 4.78 is 7.45. The number of rotatable bonds is 2. The van der Waals surface area contributed by atoms with E-state index in [9.17, 15) is 0 Å². The molecule has 94 valence electrons. The monoisotopic (exact) mass is 371 g/mol. The van der Waals surface area contributed by atoms with E-state index in [-0.39, 0.29) is 5.95 Å². The SMILES string of the molecule is Cc1cc(Oc2nc(N)ncc2Br)cc(C)c1Br. The minimum Gasteiger partial charge on any atom is -0.438 e. The molecule has 0 atom stereocenters. The summed E-state index contributed by atoms with van der Waals surface area (Å²) in [6.45, 7) is 4.01. The first kappa shape index (κ1) is 13.3. The summed E-state index contributed by atoms with van der Waals surface area (Å²) in [5, 5.41) is 0. The highest BCUT2D eigenvalue weighted by Gasteiger charge is 2.08. The molecule has 2 rings (SSSR count). The minimum atomic E-state index is 0.179. The van der Waals surface area contributed by atoms with Gasteiger partial charge in [-0.05, 0) is 53.0 Å². The van der Waals surface area contributed by atoms with Crippen LogP contribution in [0.15, 0.2) is 27.3 Å². The Bertz CT molecular complexity index is 579. The molecule has 1 aromatic heterocycles. The van der Waals surface area contributed by atoms with Crippen molar-refractivity contribution in [3.63, 3.8) is 0 Å². The Labute approximate surface area is 122 Å². The van der Waals surface area contributed by atoms with Gasteiger partial charge in [0.1, 0.15) is 5.75 Å². The summed E-state index contributed by atoms with van der Waals surface area (Å²) in [5.41, 5.74) is 7.73. The highest BCUT2D eigenvalue weighted by atomic mass is 79.9. The van der Waals surface area contributed by atoms with E-state index in [4.69, 9.17) is 10.5 Å². The van der Waals surface area contributed by atoms with Crippen molar-refractivity contribution in [3.8, 4) is 11.6 Å². The zero-order chi connectivity index (χ0) is 13.3. The number of aromatic nitrogens is 2. The molecule has 0 radical (unpaired) electrons. The highest BCUT2D eigenvalue weighted by Crippen LogP contribution is 2.31. The fraction of sp³-hybridized carbons (Fsp3) is 0.167. The summed E-state index contributed by atoms with van der Waals surface area (Å²) in [5.74, 6) is 1.30. The molecule has 4 nitrogen and oxygen atoms in total. The number of aryl methyl sites for hydroxylation is 2. The van der Waals surface area contributed by atoms with Gasteiger partial charge in [-0.3, -0.25) is 0 Å². The van der Waals surface area contributed by atoms with E-state index in [1.807, 2.05) is 26.0 Å². The third-order valence-corrected chi connectivity index (χ3v) is 4.15. The number of ether oxygens (including phenoxy) is 1. The lowest BCUT2D eigenvalue weighted by Gasteiger charge is -2.10. The van der Waals surface area contributed by atoms with E-state index in [0.29, 0.717) is 16.1 Å². The number of nitrogen functional groups attached to an aromatic ring is 1. The van der Waals surface area contributed by atoms with Crippen molar-refractivity contribution in [3.05, 3.63) is 38.4 Å². The van der Waals surface area contributed by atoms with Crippen molar-refractivity contribution in [1.82, 2.24) is 9.97 Å². The van der Waals surface area contributed by atoms with Crippen LogP contribution in [0.25, 0.3) is 0 Å². The van der Waals surface area contributed by atoms with Gasteiger partial charge in [-0.1, -0.05) is 15.9 Å². The molecule has 1 heterocycles. The van der Waals surface area contributed by atoms with Gasteiger partial charge in [0.2, 0.25) is 11.8 Å². The average Bonchev–Trinajstić information content (AvgIpc) is 2.31. The summed E-state index contributed by atoms with van der Waals surface area (Å²) >= 11 is 6.84. The van der Waals surface area contributed by atoms with Crippen LogP contribution in [0.2, 0.25) is 0 Å². The molecule has 0 bridgehead atoms. The molecule has 2 N–H and O–H groups in total. The average molecular weight is 373 g/mol. The third-order valence-electron chi connectivity index (χ3n) is 2.36. The fourth-order valence-corrected chi connectivity index (χ4v) is 2.01. The van der Waals surface area contributed by atoms with E-state index >= 15 is 0 Å². The lowest BCUT2D eigenvalue weighted by atomic mass is 10.1. The maximum Gasteiger partial charge on any atom is 0.238 e. The summed E-state index contributed by atoms with van der Waals surface area (Å²) in [7, 11) is 0. The maximum absolute atomic E-state index is 5.71. The molecular weight excluding hydrogens is 362 g/mol. The molecule has 0 amide bonds. The lowest BCUT2D eigenvalue weighted by molar-refractivity contribution is 0.458. The van der Waals surface area contributed by atoms with E-state index in [1.165, 1.54) is 0 Å². The summed E-state index contributed by atoms with van der Waals surface area (Å²) in [4.78, 5) is 7.90. The third kappa shape index (κ3) is 2.81. The van der Waals surface area contributed by atoms with Gasteiger partial charge in [0.05, 0.1) is 10.7 Å². The first-order valence-corrected chi connectivity index (χ1v) is 6.78. The molecule has 0 saturated carbocycles. The first-order valence-electron chi connectivity index (χ1n) is 5.20. The zero-order valence-electron chi connectivity index (χ0n) is 9.87. The van der Waals surface area contributed by atoms with Crippen LogP contribution in [0, 0.1) is 13.8 Å². The Hall–Kier alpha value is -1.14. The number of halogens is 2. The quantitative estimate of drug-likeness (QED) is 0.865. The van der Waals surface area contributed by atoms with Crippen LogP contribution >= 0.6 is 31.9 Å². The topological polar surface area (TPSA) is 61.0 Å². The molecule has 0 spiro atoms. The van der Waals surface area contributed by atoms with Crippen molar-refractivity contribution in [2.45, 2.75) is 13.8 Å².